The molecular formula is C60H36BN3O. The van der Waals surface area contributed by atoms with Gasteiger partial charge in [0.1, 0.15) is 11.5 Å². The number of hydrogen-bond donors (Lipinski definition) is 0. The van der Waals surface area contributed by atoms with Crippen molar-refractivity contribution in [2.75, 3.05) is 0 Å². The Labute approximate surface area is 374 Å². The highest BCUT2D eigenvalue weighted by Crippen LogP contribution is 2.43. The third-order valence-electron chi connectivity index (χ3n) is 14.3. The molecule has 0 N–H and O–H groups in total. The van der Waals surface area contributed by atoms with Gasteiger partial charge >= 0.3 is 0 Å². The summed E-state index contributed by atoms with van der Waals surface area (Å²) in [5.41, 5.74) is 18.9. The van der Waals surface area contributed by atoms with Crippen molar-refractivity contribution >= 4 is 88.5 Å². The molecule has 0 fully saturated rings. The minimum atomic E-state index is -0.0810. The second kappa shape index (κ2) is 13.0. The van der Waals surface area contributed by atoms with E-state index in [-0.39, 0.29) is 6.71 Å². The van der Waals surface area contributed by atoms with Crippen molar-refractivity contribution in [3.8, 4) is 50.8 Å². The molecule has 0 saturated carbocycles. The van der Waals surface area contributed by atoms with Crippen molar-refractivity contribution in [2.24, 2.45) is 0 Å². The third-order valence-corrected chi connectivity index (χ3v) is 14.3. The Bertz CT molecular complexity index is 4050. The quantitative estimate of drug-likeness (QED) is 0.162. The van der Waals surface area contributed by atoms with Crippen LogP contribution >= 0.6 is 0 Å². The van der Waals surface area contributed by atoms with Gasteiger partial charge in [-0.25, -0.2) is 0 Å². The molecule has 0 saturated heterocycles. The molecule has 300 valence electrons. The van der Waals surface area contributed by atoms with E-state index >= 15 is 0 Å². The summed E-state index contributed by atoms with van der Waals surface area (Å²) in [5.74, 6) is 1.79. The van der Waals surface area contributed by atoms with Crippen LogP contribution in [0.5, 0.6) is 11.5 Å². The summed E-state index contributed by atoms with van der Waals surface area (Å²) in [4.78, 5) is 0. The summed E-state index contributed by atoms with van der Waals surface area (Å²) in [6.07, 6.45) is 0. The molecule has 65 heavy (non-hydrogen) atoms. The maximum Gasteiger partial charge on any atom is 0.256 e. The van der Waals surface area contributed by atoms with Gasteiger partial charge in [0, 0.05) is 54.9 Å². The lowest BCUT2D eigenvalue weighted by Crippen LogP contribution is -2.58. The van der Waals surface area contributed by atoms with Crippen molar-refractivity contribution in [1.29, 1.82) is 0 Å². The fourth-order valence-electron chi connectivity index (χ4n) is 11.5. The van der Waals surface area contributed by atoms with Gasteiger partial charge in [0.05, 0.1) is 27.6 Å². The van der Waals surface area contributed by atoms with Gasteiger partial charge in [-0.3, -0.25) is 0 Å². The standard InChI is InChI=1S/C60H36BN3O/c1-3-15-37(16-4-1)39-27-29-49-57(32-39)65-58-33-40(38-17-5-2-6-18-38)31-56-59(58)61(49)50-36-42(63-53-25-13-9-21-45(53)46-22-10-14-26-54(46)63)35-48-47-34-41(28-30-55(47)64(56)60(48)50)62-51-23-11-7-19-43(51)44-20-8-12-24-52(44)62/h1-36H. The van der Waals surface area contributed by atoms with Crippen LogP contribution in [-0.4, -0.2) is 20.4 Å². The largest absolute Gasteiger partial charge is 0.458 e. The van der Waals surface area contributed by atoms with E-state index in [1.165, 1.54) is 87.4 Å². The van der Waals surface area contributed by atoms with Crippen molar-refractivity contribution in [3.05, 3.63) is 218 Å². The Morgan fingerprint density at radius 3 is 1.43 bits per heavy atom. The predicted molar refractivity (Wildman–Crippen MR) is 272 cm³/mol. The fraction of sp³-hybridized carbons (Fsp3) is 0. The lowest BCUT2D eigenvalue weighted by atomic mass is 9.34. The summed E-state index contributed by atoms with van der Waals surface area (Å²) in [5, 5.41) is 7.44. The van der Waals surface area contributed by atoms with Crippen LogP contribution in [0, 0.1) is 0 Å². The molecular weight excluding hydrogens is 789 g/mol. The summed E-state index contributed by atoms with van der Waals surface area (Å²) in [7, 11) is 0. The number of para-hydroxylation sites is 4. The average molecular weight is 826 g/mol. The van der Waals surface area contributed by atoms with Crippen LogP contribution in [0.4, 0.5) is 0 Å². The average Bonchev–Trinajstić information content (AvgIpc) is 4.01. The zero-order valence-corrected chi connectivity index (χ0v) is 35.1. The zero-order chi connectivity index (χ0) is 42.3. The lowest BCUT2D eigenvalue weighted by molar-refractivity contribution is 0.487. The summed E-state index contributed by atoms with van der Waals surface area (Å²) < 4.78 is 14.7. The fourth-order valence-corrected chi connectivity index (χ4v) is 11.5. The number of hydrogen-bond acceptors (Lipinski definition) is 1. The van der Waals surface area contributed by atoms with Gasteiger partial charge < -0.3 is 18.4 Å². The van der Waals surface area contributed by atoms with Crippen LogP contribution in [0.3, 0.4) is 0 Å². The normalized spacial score (nSPS) is 12.7. The third kappa shape index (κ3) is 4.81. The van der Waals surface area contributed by atoms with Crippen molar-refractivity contribution < 1.29 is 4.74 Å². The van der Waals surface area contributed by atoms with Crippen LogP contribution in [0.25, 0.3) is 105 Å². The van der Waals surface area contributed by atoms with Gasteiger partial charge in [-0.05, 0) is 111 Å². The number of nitrogens with zero attached hydrogens (tertiary/aromatic N) is 3. The van der Waals surface area contributed by atoms with Gasteiger partial charge in [0.15, 0.2) is 0 Å². The minimum Gasteiger partial charge on any atom is -0.458 e. The molecule has 0 bridgehead atoms. The van der Waals surface area contributed by atoms with Crippen molar-refractivity contribution in [1.82, 2.24) is 13.7 Å². The van der Waals surface area contributed by atoms with Crippen molar-refractivity contribution in [3.63, 3.8) is 0 Å². The Hall–Kier alpha value is -8.54. The Kier molecular flexibility index (Phi) is 7.00. The monoisotopic (exact) mass is 825 g/mol. The first kappa shape index (κ1) is 35.0. The van der Waals surface area contributed by atoms with Gasteiger partial charge in [-0.1, -0.05) is 146 Å². The molecule has 0 radical (unpaired) electrons. The molecule has 15 rings (SSSR count). The van der Waals surface area contributed by atoms with Crippen LogP contribution in [0.15, 0.2) is 218 Å². The van der Waals surface area contributed by atoms with Crippen LogP contribution in [-0.2, 0) is 0 Å². The number of rotatable bonds is 4. The molecule has 0 spiro atoms. The van der Waals surface area contributed by atoms with Crippen LogP contribution < -0.4 is 21.1 Å². The number of benzene rings is 10. The molecule has 13 aromatic rings. The smallest absolute Gasteiger partial charge is 0.256 e. The molecule has 10 aromatic carbocycles. The SMILES string of the molecule is c1ccc(-c2ccc3c(c2)Oc2cc(-c4ccccc4)cc4c2B3c2cc(-n3c5ccccc5c5ccccc53)cc3c5cc(-n6c7ccccc7c7ccccc76)ccc5n-4c23)cc1. The van der Waals surface area contributed by atoms with E-state index in [4.69, 9.17) is 4.74 Å². The molecule has 0 aliphatic carbocycles. The minimum absolute atomic E-state index is 0.0810. The first-order valence-electron chi connectivity index (χ1n) is 22.5. The van der Waals surface area contributed by atoms with Gasteiger partial charge in [-0.15, -0.1) is 0 Å². The van der Waals surface area contributed by atoms with Crippen LogP contribution in [0.2, 0.25) is 0 Å². The molecule has 5 heteroatoms. The molecule has 2 aliphatic rings. The molecule has 2 aliphatic heterocycles. The molecule has 4 nitrogen and oxygen atoms in total. The molecule has 0 atom stereocenters. The summed E-state index contributed by atoms with van der Waals surface area (Å²) >= 11 is 0. The van der Waals surface area contributed by atoms with E-state index in [0.717, 1.165) is 45.3 Å². The summed E-state index contributed by atoms with van der Waals surface area (Å²) in [6.45, 7) is -0.0810. The highest BCUT2D eigenvalue weighted by Gasteiger charge is 2.41. The maximum atomic E-state index is 7.19. The van der Waals surface area contributed by atoms with E-state index in [2.05, 4.69) is 232 Å². The first-order chi connectivity index (χ1) is 32.2. The van der Waals surface area contributed by atoms with Gasteiger partial charge in [0.2, 0.25) is 0 Å². The molecule has 0 amide bonds. The van der Waals surface area contributed by atoms with E-state index in [1.54, 1.807) is 0 Å². The van der Waals surface area contributed by atoms with E-state index in [1.807, 2.05) is 0 Å². The van der Waals surface area contributed by atoms with E-state index in [0.29, 0.717) is 0 Å². The molecule has 3 aromatic heterocycles. The second-order valence-electron chi connectivity index (χ2n) is 17.6. The predicted octanol–water partition coefficient (Wildman–Crippen LogP) is 13.2. The number of aromatic nitrogens is 3. The molecule has 5 heterocycles. The highest BCUT2D eigenvalue weighted by atomic mass is 16.5. The Morgan fingerprint density at radius 1 is 0.308 bits per heavy atom. The first-order valence-corrected chi connectivity index (χ1v) is 22.5. The van der Waals surface area contributed by atoms with E-state index < -0.39 is 0 Å². The second-order valence-corrected chi connectivity index (χ2v) is 17.6. The highest BCUT2D eigenvalue weighted by molar-refractivity contribution is 6.99. The Balaban J connectivity index is 1.09. The number of fused-ring (bicyclic) bond motifs is 13. The summed E-state index contributed by atoms with van der Waals surface area (Å²) in [6, 6.07) is 80.2. The van der Waals surface area contributed by atoms with Crippen molar-refractivity contribution in [2.45, 2.75) is 0 Å². The Morgan fingerprint density at radius 2 is 0.815 bits per heavy atom. The molecule has 0 unspecified atom stereocenters. The zero-order valence-electron chi connectivity index (χ0n) is 35.1. The lowest BCUT2D eigenvalue weighted by Gasteiger charge is -2.34. The number of ether oxygens (including phenoxy) is 1. The van der Waals surface area contributed by atoms with E-state index in [9.17, 15) is 0 Å². The topological polar surface area (TPSA) is 24.0 Å². The maximum absolute atomic E-state index is 7.19. The van der Waals surface area contributed by atoms with Crippen LogP contribution in [0.1, 0.15) is 0 Å². The van der Waals surface area contributed by atoms with Gasteiger partial charge in [-0.2, -0.15) is 0 Å². The van der Waals surface area contributed by atoms with Gasteiger partial charge in [0.25, 0.3) is 6.71 Å².